The van der Waals surface area contributed by atoms with Crippen LogP contribution in [0.5, 0.6) is 0 Å². The number of halogens is 1. The Hall–Kier alpha value is -1.61. The lowest BCUT2D eigenvalue weighted by molar-refractivity contribution is -0.134. The highest BCUT2D eigenvalue weighted by atomic mass is 79.9. The zero-order valence-electron chi connectivity index (χ0n) is 12.9. The van der Waals surface area contributed by atoms with E-state index in [0.29, 0.717) is 0 Å². The molecule has 2 nitrogen and oxygen atoms in total. The van der Waals surface area contributed by atoms with Crippen molar-refractivity contribution in [2.45, 2.75) is 31.2 Å². The fourth-order valence-electron chi connectivity index (χ4n) is 2.99. The van der Waals surface area contributed by atoms with Gasteiger partial charge in [-0.25, -0.2) is 0 Å². The fourth-order valence-corrected chi connectivity index (χ4v) is 3.25. The van der Waals surface area contributed by atoms with Crippen molar-refractivity contribution >= 4 is 21.8 Å². The molecule has 0 heterocycles. The van der Waals surface area contributed by atoms with Crippen molar-refractivity contribution < 1.29 is 4.79 Å². The van der Waals surface area contributed by atoms with Crippen LogP contribution in [0.1, 0.15) is 36.9 Å². The van der Waals surface area contributed by atoms with E-state index in [1.807, 2.05) is 42.3 Å². The number of amides is 1. The Morgan fingerprint density at radius 1 is 1.09 bits per heavy atom. The zero-order chi connectivity index (χ0) is 15.7. The molecule has 22 heavy (non-hydrogen) atoms. The summed E-state index contributed by atoms with van der Waals surface area (Å²) in [5.41, 5.74) is 2.00. The van der Waals surface area contributed by atoms with E-state index >= 15 is 0 Å². The van der Waals surface area contributed by atoms with Crippen LogP contribution < -0.4 is 0 Å². The first-order valence-corrected chi connectivity index (χ1v) is 8.42. The van der Waals surface area contributed by atoms with Crippen molar-refractivity contribution in [1.82, 2.24) is 4.90 Å². The minimum absolute atomic E-state index is 0.0848. The summed E-state index contributed by atoms with van der Waals surface area (Å²) in [7, 11) is 1.92. The Balaban J connectivity index is 1.82. The first-order valence-electron chi connectivity index (χ1n) is 7.63. The first kappa shape index (κ1) is 15.3. The highest BCUT2D eigenvalue weighted by molar-refractivity contribution is 9.10. The van der Waals surface area contributed by atoms with E-state index in [2.05, 4.69) is 47.1 Å². The summed E-state index contributed by atoms with van der Waals surface area (Å²) in [6, 6.07) is 18.4. The second-order valence-electron chi connectivity index (χ2n) is 6.09. The molecule has 0 saturated heterocycles. The number of carbonyl (C=O) groups excluding carboxylic acids is 1. The Bertz CT molecular complexity index is 662. The van der Waals surface area contributed by atoms with Gasteiger partial charge in [0.15, 0.2) is 0 Å². The number of nitrogens with zero attached hydrogens (tertiary/aromatic N) is 1. The molecule has 1 aliphatic carbocycles. The quantitative estimate of drug-likeness (QED) is 0.776. The Morgan fingerprint density at radius 3 is 2.23 bits per heavy atom. The van der Waals surface area contributed by atoms with Gasteiger partial charge in [0.05, 0.1) is 11.5 Å². The minimum Gasteiger partial charge on any atom is -0.338 e. The number of hydrogen-bond donors (Lipinski definition) is 0. The second kappa shape index (κ2) is 5.88. The molecule has 1 atom stereocenters. The van der Waals surface area contributed by atoms with Gasteiger partial charge in [-0.2, -0.15) is 0 Å². The van der Waals surface area contributed by atoms with E-state index in [1.165, 1.54) is 5.56 Å². The van der Waals surface area contributed by atoms with Crippen molar-refractivity contribution in [2.75, 3.05) is 7.05 Å². The van der Waals surface area contributed by atoms with Crippen LogP contribution in [0.3, 0.4) is 0 Å². The molecule has 0 N–H and O–H groups in total. The van der Waals surface area contributed by atoms with Gasteiger partial charge in [0.1, 0.15) is 0 Å². The molecule has 2 aromatic rings. The maximum atomic E-state index is 13.0. The van der Waals surface area contributed by atoms with Crippen LogP contribution in [-0.2, 0) is 10.2 Å². The molecule has 3 rings (SSSR count). The zero-order valence-corrected chi connectivity index (χ0v) is 14.5. The van der Waals surface area contributed by atoms with Crippen LogP contribution in [0, 0.1) is 0 Å². The third kappa shape index (κ3) is 2.70. The Labute approximate surface area is 140 Å². The number of likely N-dealkylation sites (N-methyl/N-ethyl adjacent to an activating group) is 1. The molecule has 0 radical (unpaired) electrons. The lowest BCUT2D eigenvalue weighted by Gasteiger charge is -2.29. The second-order valence-corrected chi connectivity index (χ2v) is 7.01. The molecule has 2 aromatic carbocycles. The molecule has 1 aliphatic rings. The van der Waals surface area contributed by atoms with Gasteiger partial charge in [-0.15, -0.1) is 0 Å². The van der Waals surface area contributed by atoms with Gasteiger partial charge in [-0.3, -0.25) is 4.79 Å². The summed E-state index contributed by atoms with van der Waals surface area (Å²) in [4.78, 5) is 14.9. The molecule has 114 valence electrons. The smallest absolute Gasteiger partial charge is 0.233 e. The average Bonchev–Trinajstić information content (AvgIpc) is 3.36. The average molecular weight is 358 g/mol. The van der Waals surface area contributed by atoms with Crippen LogP contribution in [0.4, 0.5) is 0 Å². The topological polar surface area (TPSA) is 20.3 Å². The molecule has 3 heteroatoms. The summed E-state index contributed by atoms with van der Waals surface area (Å²) in [6.45, 7) is 2.09. The number of benzene rings is 2. The molecular formula is C19H20BrNO. The summed E-state index contributed by atoms with van der Waals surface area (Å²) < 4.78 is 1.05. The number of rotatable bonds is 4. The lowest BCUT2D eigenvalue weighted by atomic mass is 9.93. The summed E-state index contributed by atoms with van der Waals surface area (Å²) >= 11 is 3.46. The molecule has 1 amide bonds. The molecular weight excluding hydrogens is 338 g/mol. The van der Waals surface area contributed by atoms with Crippen molar-refractivity contribution in [2.24, 2.45) is 0 Å². The van der Waals surface area contributed by atoms with Crippen molar-refractivity contribution in [3.8, 4) is 0 Å². The van der Waals surface area contributed by atoms with E-state index in [4.69, 9.17) is 0 Å². The summed E-state index contributed by atoms with van der Waals surface area (Å²) in [5.74, 6) is 0.228. The predicted octanol–water partition coefficient (Wildman–Crippen LogP) is 4.70. The van der Waals surface area contributed by atoms with Crippen LogP contribution >= 0.6 is 15.9 Å². The third-order valence-corrected chi connectivity index (χ3v) is 5.27. The monoisotopic (exact) mass is 357 g/mol. The lowest BCUT2D eigenvalue weighted by Crippen LogP contribution is -2.38. The van der Waals surface area contributed by atoms with Gasteiger partial charge in [-0.05, 0) is 43.0 Å². The van der Waals surface area contributed by atoms with Crippen molar-refractivity contribution in [3.63, 3.8) is 0 Å². The molecule has 0 spiro atoms. The van der Waals surface area contributed by atoms with E-state index in [9.17, 15) is 4.79 Å². The van der Waals surface area contributed by atoms with Gasteiger partial charge in [0.25, 0.3) is 0 Å². The first-order chi connectivity index (χ1) is 10.5. The SMILES string of the molecule is CC(c1ccccc1)N(C)C(=O)C1(c2ccc(Br)cc2)CC1. The van der Waals surface area contributed by atoms with E-state index < -0.39 is 0 Å². The number of hydrogen-bond acceptors (Lipinski definition) is 1. The van der Waals surface area contributed by atoms with Crippen LogP contribution in [0.25, 0.3) is 0 Å². The highest BCUT2D eigenvalue weighted by Gasteiger charge is 2.52. The molecule has 0 aromatic heterocycles. The van der Waals surface area contributed by atoms with Crippen LogP contribution in [0.2, 0.25) is 0 Å². The van der Waals surface area contributed by atoms with Gasteiger partial charge < -0.3 is 4.90 Å². The van der Waals surface area contributed by atoms with E-state index in [-0.39, 0.29) is 17.4 Å². The van der Waals surface area contributed by atoms with E-state index in [0.717, 1.165) is 22.9 Å². The molecule has 1 saturated carbocycles. The summed E-state index contributed by atoms with van der Waals surface area (Å²) in [6.07, 6.45) is 1.89. The van der Waals surface area contributed by atoms with Gasteiger partial charge in [-0.1, -0.05) is 58.4 Å². The predicted molar refractivity (Wildman–Crippen MR) is 92.7 cm³/mol. The molecule has 0 bridgehead atoms. The maximum absolute atomic E-state index is 13.0. The standard InChI is InChI=1S/C19H20BrNO/c1-14(15-6-4-3-5-7-15)21(2)18(22)19(12-13-19)16-8-10-17(20)11-9-16/h3-11,14H,12-13H2,1-2H3. The Kier molecular flexibility index (Phi) is 4.09. The Morgan fingerprint density at radius 2 is 1.68 bits per heavy atom. The fraction of sp³-hybridized carbons (Fsp3) is 0.316. The molecule has 1 fully saturated rings. The highest BCUT2D eigenvalue weighted by Crippen LogP contribution is 2.50. The van der Waals surface area contributed by atoms with Crippen molar-refractivity contribution in [1.29, 1.82) is 0 Å². The largest absolute Gasteiger partial charge is 0.338 e. The van der Waals surface area contributed by atoms with Gasteiger partial charge in [0.2, 0.25) is 5.91 Å². The van der Waals surface area contributed by atoms with Gasteiger partial charge >= 0.3 is 0 Å². The molecule has 0 aliphatic heterocycles. The van der Waals surface area contributed by atoms with Gasteiger partial charge in [0, 0.05) is 11.5 Å². The minimum atomic E-state index is -0.307. The van der Waals surface area contributed by atoms with Crippen LogP contribution in [-0.4, -0.2) is 17.9 Å². The summed E-state index contributed by atoms with van der Waals surface area (Å²) in [5, 5.41) is 0. The molecule has 1 unspecified atom stereocenters. The third-order valence-electron chi connectivity index (χ3n) is 4.74. The maximum Gasteiger partial charge on any atom is 0.233 e. The normalized spacial score (nSPS) is 16.9. The van der Waals surface area contributed by atoms with Crippen molar-refractivity contribution in [3.05, 3.63) is 70.2 Å². The van der Waals surface area contributed by atoms with Crippen LogP contribution in [0.15, 0.2) is 59.1 Å². The number of carbonyl (C=O) groups is 1. The van der Waals surface area contributed by atoms with E-state index in [1.54, 1.807) is 0 Å².